The first kappa shape index (κ1) is 19.4. The van der Waals surface area contributed by atoms with E-state index in [0.29, 0.717) is 27.8 Å². The Kier molecular flexibility index (Phi) is 5.51. The fourth-order valence-electron chi connectivity index (χ4n) is 2.90. The number of halogens is 6. The van der Waals surface area contributed by atoms with Crippen LogP contribution in [0.2, 0.25) is 0 Å². The molecule has 0 amide bonds. The third-order valence-corrected chi connectivity index (χ3v) is 4.73. The highest BCUT2D eigenvalue weighted by molar-refractivity contribution is 9.12. The van der Waals surface area contributed by atoms with E-state index in [2.05, 4.69) is 22.5 Å². The summed E-state index contributed by atoms with van der Waals surface area (Å²) in [7, 11) is 0. The first-order chi connectivity index (χ1) is 12.8. The molecule has 0 N–H and O–H groups in total. The standard InChI is InChI=1S/C20H13BrF5N/c1-11-15(21)9-14(12-5-3-2-4-6-12)20(27(11)10-18(25)26)19-16(23)7-13(22)8-17(19)24/h2-9,18H,1,10H2. The number of benzene rings is 2. The second-order valence-corrected chi connectivity index (χ2v) is 6.67. The zero-order chi connectivity index (χ0) is 19.7. The van der Waals surface area contributed by atoms with Crippen molar-refractivity contribution < 1.29 is 22.0 Å². The number of alkyl halides is 2. The Morgan fingerprint density at radius 1 is 1.00 bits per heavy atom. The van der Waals surface area contributed by atoms with Crippen molar-refractivity contribution in [3.63, 3.8) is 0 Å². The third-order valence-electron chi connectivity index (χ3n) is 4.05. The fraction of sp³-hybridized carbons (Fsp3) is 0.100. The van der Waals surface area contributed by atoms with Gasteiger partial charge in [-0.3, -0.25) is 0 Å². The second kappa shape index (κ2) is 7.68. The SMILES string of the molecule is C=C1C(Br)=CC(c2ccccc2)=C(c2c(F)cc(F)cc2F)N1CC(F)F. The predicted molar refractivity (Wildman–Crippen MR) is 98.4 cm³/mol. The lowest BCUT2D eigenvalue weighted by atomic mass is 9.94. The summed E-state index contributed by atoms with van der Waals surface area (Å²) in [6, 6.07) is 9.57. The van der Waals surface area contributed by atoms with E-state index in [0.717, 1.165) is 4.90 Å². The highest BCUT2D eigenvalue weighted by atomic mass is 79.9. The van der Waals surface area contributed by atoms with Crippen molar-refractivity contribution >= 4 is 27.2 Å². The molecule has 1 heterocycles. The topological polar surface area (TPSA) is 3.24 Å². The van der Waals surface area contributed by atoms with Crippen LogP contribution in [-0.2, 0) is 0 Å². The molecular formula is C20H13BrF5N. The van der Waals surface area contributed by atoms with Crippen molar-refractivity contribution in [3.05, 3.63) is 93.9 Å². The maximum atomic E-state index is 14.5. The normalized spacial score (nSPS) is 14.9. The molecule has 0 unspecified atom stereocenters. The van der Waals surface area contributed by atoms with Gasteiger partial charge < -0.3 is 4.90 Å². The Balaban J connectivity index is 2.36. The number of allylic oxidation sites excluding steroid dienone is 3. The summed E-state index contributed by atoms with van der Waals surface area (Å²) in [5.74, 6) is -3.47. The van der Waals surface area contributed by atoms with E-state index in [1.54, 1.807) is 36.4 Å². The van der Waals surface area contributed by atoms with Crippen LogP contribution in [0.4, 0.5) is 22.0 Å². The van der Waals surface area contributed by atoms with Gasteiger partial charge >= 0.3 is 0 Å². The molecule has 2 aromatic rings. The van der Waals surface area contributed by atoms with E-state index >= 15 is 0 Å². The van der Waals surface area contributed by atoms with Crippen molar-refractivity contribution in [2.24, 2.45) is 0 Å². The molecule has 1 aliphatic rings. The van der Waals surface area contributed by atoms with Gasteiger partial charge in [0.05, 0.1) is 17.8 Å². The quantitative estimate of drug-likeness (QED) is 0.500. The van der Waals surface area contributed by atoms with Crippen LogP contribution >= 0.6 is 15.9 Å². The summed E-state index contributed by atoms with van der Waals surface area (Å²) in [5, 5.41) is 0. The van der Waals surface area contributed by atoms with Crippen LogP contribution in [0.3, 0.4) is 0 Å². The van der Waals surface area contributed by atoms with Crippen molar-refractivity contribution in [1.82, 2.24) is 4.90 Å². The van der Waals surface area contributed by atoms with E-state index in [4.69, 9.17) is 0 Å². The van der Waals surface area contributed by atoms with Crippen LogP contribution in [0, 0.1) is 17.5 Å². The summed E-state index contributed by atoms with van der Waals surface area (Å²) >= 11 is 3.26. The molecule has 27 heavy (non-hydrogen) atoms. The molecule has 0 radical (unpaired) electrons. The second-order valence-electron chi connectivity index (χ2n) is 5.81. The summed E-state index contributed by atoms with van der Waals surface area (Å²) in [6.07, 6.45) is -1.24. The molecule has 2 aromatic carbocycles. The van der Waals surface area contributed by atoms with Gasteiger partial charge in [-0.2, -0.15) is 0 Å². The fourth-order valence-corrected chi connectivity index (χ4v) is 3.35. The lowest BCUT2D eigenvalue weighted by molar-refractivity contribution is 0.123. The van der Waals surface area contributed by atoms with E-state index in [1.165, 1.54) is 0 Å². The minimum Gasteiger partial charge on any atom is -0.334 e. The van der Waals surface area contributed by atoms with Gasteiger partial charge in [0, 0.05) is 27.9 Å². The number of hydrogen-bond acceptors (Lipinski definition) is 1. The number of nitrogens with zero attached hydrogens (tertiary/aromatic N) is 1. The van der Waals surface area contributed by atoms with Crippen LogP contribution in [0.25, 0.3) is 11.3 Å². The molecule has 0 saturated heterocycles. The Labute approximate surface area is 161 Å². The monoisotopic (exact) mass is 441 g/mol. The molecule has 0 saturated carbocycles. The molecule has 3 rings (SSSR count). The zero-order valence-electron chi connectivity index (χ0n) is 13.8. The molecule has 0 aliphatic carbocycles. The third kappa shape index (κ3) is 3.83. The zero-order valence-corrected chi connectivity index (χ0v) is 15.4. The van der Waals surface area contributed by atoms with Gasteiger partial charge in [0.1, 0.15) is 17.5 Å². The summed E-state index contributed by atoms with van der Waals surface area (Å²) in [4.78, 5) is 1.04. The first-order valence-corrected chi connectivity index (χ1v) is 8.65. The van der Waals surface area contributed by atoms with E-state index in [1.807, 2.05) is 0 Å². The van der Waals surface area contributed by atoms with Gasteiger partial charge in [0.2, 0.25) is 0 Å². The Morgan fingerprint density at radius 2 is 1.59 bits per heavy atom. The van der Waals surface area contributed by atoms with Gasteiger partial charge in [-0.1, -0.05) is 36.9 Å². The Hall–Kier alpha value is -2.41. The average molecular weight is 442 g/mol. The van der Waals surface area contributed by atoms with Crippen LogP contribution < -0.4 is 0 Å². The van der Waals surface area contributed by atoms with Gasteiger partial charge in [-0.15, -0.1) is 0 Å². The largest absolute Gasteiger partial charge is 0.334 e. The number of rotatable bonds is 4. The van der Waals surface area contributed by atoms with Gasteiger partial charge in [0.25, 0.3) is 6.43 Å². The maximum absolute atomic E-state index is 14.5. The molecular weight excluding hydrogens is 429 g/mol. The molecule has 0 atom stereocenters. The molecule has 0 bridgehead atoms. The molecule has 0 aromatic heterocycles. The molecule has 0 spiro atoms. The number of hydrogen-bond donors (Lipinski definition) is 0. The van der Waals surface area contributed by atoms with Crippen molar-refractivity contribution in [2.75, 3.05) is 6.54 Å². The van der Waals surface area contributed by atoms with Gasteiger partial charge in [-0.05, 0) is 27.6 Å². The van der Waals surface area contributed by atoms with E-state index in [-0.39, 0.29) is 11.4 Å². The molecule has 0 fully saturated rings. The Morgan fingerprint density at radius 3 is 2.15 bits per heavy atom. The van der Waals surface area contributed by atoms with Crippen molar-refractivity contribution in [2.45, 2.75) is 6.43 Å². The summed E-state index contributed by atoms with van der Waals surface area (Å²) in [6.45, 7) is 2.91. The molecule has 1 nitrogen and oxygen atoms in total. The highest BCUT2D eigenvalue weighted by Crippen LogP contribution is 2.42. The Bertz CT molecular complexity index is 927. The maximum Gasteiger partial charge on any atom is 0.256 e. The van der Waals surface area contributed by atoms with Crippen molar-refractivity contribution in [3.8, 4) is 0 Å². The van der Waals surface area contributed by atoms with Gasteiger partial charge in [-0.25, -0.2) is 22.0 Å². The molecule has 1 aliphatic heterocycles. The minimum absolute atomic E-state index is 0.119. The lowest BCUT2D eigenvalue weighted by Crippen LogP contribution is -2.30. The first-order valence-electron chi connectivity index (χ1n) is 7.86. The van der Waals surface area contributed by atoms with E-state index < -0.39 is 36.0 Å². The van der Waals surface area contributed by atoms with Crippen LogP contribution in [-0.4, -0.2) is 17.9 Å². The highest BCUT2D eigenvalue weighted by Gasteiger charge is 2.31. The van der Waals surface area contributed by atoms with Crippen LogP contribution in [0.1, 0.15) is 11.1 Å². The van der Waals surface area contributed by atoms with Crippen molar-refractivity contribution in [1.29, 1.82) is 0 Å². The molecule has 140 valence electrons. The van der Waals surface area contributed by atoms with Crippen LogP contribution in [0.15, 0.2) is 65.3 Å². The molecule has 7 heteroatoms. The average Bonchev–Trinajstić information content (AvgIpc) is 2.60. The predicted octanol–water partition coefficient (Wildman–Crippen LogP) is 6.35. The summed E-state index contributed by atoms with van der Waals surface area (Å²) in [5.41, 5.74) is 0.255. The smallest absolute Gasteiger partial charge is 0.256 e. The van der Waals surface area contributed by atoms with Crippen LogP contribution in [0.5, 0.6) is 0 Å². The lowest BCUT2D eigenvalue weighted by Gasteiger charge is -2.34. The van der Waals surface area contributed by atoms with Gasteiger partial charge in [0.15, 0.2) is 0 Å². The summed E-state index contributed by atoms with van der Waals surface area (Å²) < 4.78 is 69.3. The van der Waals surface area contributed by atoms with E-state index in [9.17, 15) is 22.0 Å². The minimum atomic E-state index is -2.79.